The van der Waals surface area contributed by atoms with Crippen LogP contribution in [0.5, 0.6) is 0 Å². The van der Waals surface area contributed by atoms with E-state index in [0.717, 1.165) is 0 Å². The fraction of sp³-hybridized carbons (Fsp3) is 0.167. The van der Waals surface area contributed by atoms with Crippen molar-refractivity contribution in [1.29, 1.82) is 0 Å². The van der Waals surface area contributed by atoms with E-state index in [9.17, 15) is 9.59 Å². The molecule has 1 aromatic rings. The Labute approximate surface area is 62.1 Å². The Bertz CT molecular complexity index is 274. The van der Waals surface area contributed by atoms with Crippen molar-refractivity contribution in [2.45, 2.75) is 6.92 Å². The van der Waals surface area contributed by atoms with Crippen LogP contribution in [0.25, 0.3) is 0 Å². The summed E-state index contributed by atoms with van der Waals surface area (Å²) in [6, 6.07) is 0. The second-order valence-corrected chi connectivity index (χ2v) is 2.01. The molecule has 0 unspecified atom stereocenters. The van der Waals surface area contributed by atoms with Crippen LogP contribution >= 0.6 is 0 Å². The molecule has 58 valence electrons. The molecule has 0 spiro atoms. The highest BCUT2D eigenvalue weighted by atomic mass is 16.4. The monoisotopic (exact) mass is 154 g/mol. The third-order valence-electron chi connectivity index (χ3n) is 1.16. The van der Waals surface area contributed by atoms with Gasteiger partial charge in [-0.15, -0.1) is 0 Å². The number of ketones is 1. The van der Waals surface area contributed by atoms with Crippen LogP contribution in [0.4, 0.5) is 0 Å². The van der Waals surface area contributed by atoms with Gasteiger partial charge >= 0.3 is 5.97 Å². The van der Waals surface area contributed by atoms with Crippen molar-refractivity contribution in [2.75, 3.05) is 0 Å². The highest BCUT2D eigenvalue weighted by Gasteiger charge is 2.09. The minimum Gasteiger partial charge on any atom is -0.475 e. The Morgan fingerprint density at radius 1 is 1.64 bits per heavy atom. The number of aromatic carboxylic acids is 1. The molecule has 1 aromatic heterocycles. The van der Waals surface area contributed by atoms with Gasteiger partial charge in [-0.25, -0.2) is 9.78 Å². The normalized spacial score (nSPS) is 9.55. The Hall–Kier alpha value is -1.65. The molecule has 0 fully saturated rings. The van der Waals surface area contributed by atoms with Gasteiger partial charge in [0.15, 0.2) is 5.78 Å². The smallest absolute Gasteiger partial charge is 0.371 e. The first-order valence-corrected chi connectivity index (χ1v) is 2.90. The molecular formula is C6H6N2O3. The third-order valence-corrected chi connectivity index (χ3v) is 1.16. The Balaban J connectivity index is 2.99. The molecule has 0 saturated heterocycles. The van der Waals surface area contributed by atoms with Gasteiger partial charge in [0.25, 0.3) is 0 Å². The molecule has 0 aliphatic carbocycles. The maximum atomic E-state index is 10.6. The minimum absolute atomic E-state index is 0.211. The number of nitrogens with one attached hydrogen (secondary N) is 1. The van der Waals surface area contributed by atoms with Gasteiger partial charge in [0.1, 0.15) is 5.69 Å². The highest BCUT2D eigenvalue weighted by Crippen LogP contribution is 1.97. The van der Waals surface area contributed by atoms with Gasteiger partial charge in [-0.1, -0.05) is 0 Å². The van der Waals surface area contributed by atoms with E-state index in [-0.39, 0.29) is 17.3 Å². The number of carboxylic acid groups (broad SMARTS) is 1. The molecule has 0 radical (unpaired) electrons. The summed E-state index contributed by atoms with van der Waals surface area (Å²) < 4.78 is 0. The number of Topliss-reactive ketones (excluding diaryl/α,β-unsaturated/α-hetero) is 1. The summed E-state index contributed by atoms with van der Waals surface area (Å²) in [5, 5.41) is 8.37. The SMILES string of the molecule is CC(=O)c1cnc(C(=O)O)[nH]1. The topological polar surface area (TPSA) is 83.1 Å². The predicted octanol–water partition coefficient (Wildman–Crippen LogP) is 0.310. The van der Waals surface area contributed by atoms with Gasteiger partial charge < -0.3 is 10.1 Å². The molecule has 1 rings (SSSR count). The Morgan fingerprint density at radius 2 is 2.27 bits per heavy atom. The maximum Gasteiger partial charge on any atom is 0.371 e. The number of carboxylic acids is 1. The second-order valence-electron chi connectivity index (χ2n) is 2.01. The quantitative estimate of drug-likeness (QED) is 0.600. The number of aromatic amines is 1. The number of nitrogens with zero attached hydrogens (tertiary/aromatic N) is 1. The standard InChI is InChI=1S/C6H6N2O3/c1-3(9)4-2-7-5(8-4)6(10)11/h2H,1H3,(H,7,8)(H,10,11). The van der Waals surface area contributed by atoms with Crippen LogP contribution in [0.1, 0.15) is 28.0 Å². The summed E-state index contributed by atoms with van der Waals surface area (Å²) in [4.78, 5) is 26.7. The first-order chi connectivity index (χ1) is 5.11. The maximum absolute atomic E-state index is 10.6. The van der Waals surface area contributed by atoms with E-state index in [4.69, 9.17) is 5.11 Å². The number of carbonyl (C=O) groups is 2. The number of rotatable bonds is 2. The molecule has 5 nitrogen and oxygen atoms in total. The van der Waals surface area contributed by atoms with E-state index in [0.29, 0.717) is 0 Å². The summed E-state index contributed by atoms with van der Waals surface area (Å²) in [6.07, 6.45) is 1.20. The summed E-state index contributed by atoms with van der Waals surface area (Å²) >= 11 is 0. The Morgan fingerprint density at radius 3 is 2.55 bits per heavy atom. The lowest BCUT2D eigenvalue weighted by molar-refractivity contribution is 0.0685. The number of imidazole rings is 1. The molecule has 5 heteroatoms. The second kappa shape index (κ2) is 2.53. The zero-order valence-electron chi connectivity index (χ0n) is 5.79. The lowest BCUT2D eigenvalue weighted by Crippen LogP contribution is -1.99. The first kappa shape index (κ1) is 7.46. The largest absolute Gasteiger partial charge is 0.475 e. The minimum atomic E-state index is -1.17. The molecule has 0 atom stereocenters. The molecule has 2 N–H and O–H groups in total. The number of carbonyl (C=O) groups excluding carboxylic acids is 1. The van der Waals surface area contributed by atoms with Crippen molar-refractivity contribution in [3.8, 4) is 0 Å². The van der Waals surface area contributed by atoms with Crippen LogP contribution in [-0.4, -0.2) is 26.8 Å². The Kier molecular flexibility index (Phi) is 1.72. The van der Waals surface area contributed by atoms with E-state index in [1.54, 1.807) is 0 Å². The van der Waals surface area contributed by atoms with E-state index < -0.39 is 5.97 Å². The summed E-state index contributed by atoms with van der Waals surface area (Å²) in [6.45, 7) is 1.33. The van der Waals surface area contributed by atoms with Crippen molar-refractivity contribution in [2.24, 2.45) is 0 Å². The van der Waals surface area contributed by atoms with Crippen molar-refractivity contribution in [3.63, 3.8) is 0 Å². The van der Waals surface area contributed by atoms with E-state index in [1.807, 2.05) is 0 Å². The predicted molar refractivity (Wildman–Crippen MR) is 35.6 cm³/mol. The summed E-state index contributed by atoms with van der Waals surface area (Å²) in [5.74, 6) is -1.61. The molecule has 0 aromatic carbocycles. The summed E-state index contributed by atoms with van der Waals surface area (Å²) in [5.41, 5.74) is 0.211. The lowest BCUT2D eigenvalue weighted by Gasteiger charge is -1.84. The molecule has 0 saturated carbocycles. The number of hydrogen-bond donors (Lipinski definition) is 2. The van der Waals surface area contributed by atoms with Crippen LogP contribution < -0.4 is 0 Å². The van der Waals surface area contributed by atoms with Gasteiger partial charge in [-0.3, -0.25) is 4.79 Å². The van der Waals surface area contributed by atoms with Gasteiger partial charge in [0.05, 0.1) is 6.20 Å². The van der Waals surface area contributed by atoms with Crippen LogP contribution in [-0.2, 0) is 0 Å². The van der Waals surface area contributed by atoms with Gasteiger partial charge in [0.2, 0.25) is 5.82 Å². The fourth-order valence-corrected chi connectivity index (χ4v) is 0.609. The zero-order valence-corrected chi connectivity index (χ0v) is 5.79. The van der Waals surface area contributed by atoms with E-state index in [1.165, 1.54) is 13.1 Å². The van der Waals surface area contributed by atoms with E-state index in [2.05, 4.69) is 9.97 Å². The van der Waals surface area contributed by atoms with Crippen LogP contribution in [0.15, 0.2) is 6.20 Å². The zero-order chi connectivity index (χ0) is 8.43. The van der Waals surface area contributed by atoms with E-state index >= 15 is 0 Å². The molecule has 0 amide bonds. The first-order valence-electron chi connectivity index (χ1n) is 2.90. The third kappa shape index (κ3) is 1.43. The molecule has 1 heterocycles. The summed E-state index contributed by atoms with van der Waals surface area (Å²) in [7, 11) is 0. The van der Waals surface area contributed by atoms with Gasteiger partial charge in [0, 0.05) is 6.92 Å². The van der Waals surface area contributed by atoms with Crippen LogP contribution in [0, 0.1) is 0 Å². The lowest BCUT2D eigenvalue weighted by atomic mass is 10.3. The highest BCUT2D eigenvalue weighted by molar-refractivity contribution is 5.93. The van der Waals surface area contributed by atoms with Gasteiger partial charge in [-0.05, 0) is 0 Å². The number of aromatic nitrogens is 2. The molecule has 0 aliphatic rings. The number of hydrogen-bond acceptors (Lipinski definition) is 3. The molecule has 0 aliphatic heterocycles. The molecule has 0 bridgehead atoms. The van der Waals surface area contributed by atoms with Crippen molar-refractivity contribution in [3.05, 3.63) is 17.7 Å². The molecule has 11 heavy (non-hydrogen) atoms. The fourth-order valence-electron chi connectivity index (χ4n) is 0.609. The van der Waals surface area contributed by atoms with Crippen LogP contribution in [0.2, 0.25) is 0 Å². The average Bonchev–Trinajstić information content (AvgIpc) is 2.33. The van der Waals surface area contributed by atoms with Crippen molar-refractivity contribution < 1.29 is 14.7 Å². The van der Waals surface area contributed by atoms with Gasteiger partial charge in [-0.2, -0.15) is 0 Å². The molecular weight excluding hydrogens is 148 g/mol. The number of H-pyrrole nitrogens is 1. The van der Waals surface area contributed by atoms with Crippen LogP contribution in [0.3, 0.4) is 0 Å². The van der Waals surface area contributed by atoms with Crippen molar-refractivity contribution in [1.82, 2.24) is 9.97 Å². The van der Waals surface area contributed by atoms with Crippen molar-refractivity contribution >= 4 is 11.8 Å². The average molecular weight is 154 g/mol.